The van der Waals surface area contributed by atoms with Crippen LogP contribution in [0.1, 0.15) is 11.3 Å². The second-order valence-electron chi connectivity index (χ2n) is 9.29. The van der Waals surface area contributed by atoms with Gasteiger partial charge in [-0.1, -0.05) is 0 Å². The summed E-state index contributed by atoms with van der Waals surface area (Å²) in [6.07, 6.45) is 9.97. The molecule has 1 aliphatic heterocycles. The SMILES string of the molecule is Cn1cc(-c2cn3nc4c5ncc(NC(=O)CN6CCc7cnn(C)c7C6)cc5[nH]c(=O)c4c3s2)cn1. The number of carbonyl (C=O) groups is 1. The number of nitrogens with one attached hydrogen (secondary N) is 2. The molecule has 0 saturated heterocycles. The molecule has 0 spiro atoms. The van der Waals surface area contributed by atoms with Gasteiger partial charge in [0.15, 0.2) is 0 Å². The minimum Gasteiger partial charge on any atom is -0.324 e. The van der Waals surface area contributed by atoms with Crippen LogP contribution in [0.2, 0.25) is 0 Å². The first-order chi connectivity index (χ1) is 17.9. The van der Waals surface area contributed by atoms with Crippen LogP contribution >= 0.6 is 11.3 Å². The van der Waals surface area contributed by atoms with Gasteiger partial charge in [0.1, 0.15) is 21.3 Å². The van der Waals surface area contributed by atoms with Crippen molar-refractivity contribution in [3.05, 3.63) is 58.7 Å². The number of H-pyrrole nitrogens is 1. The number of amides is 1. The Kier molecular flexibility index (Phi) is 4.78. The zero-order valence-electron chi connectivity index (χ0n) is 20.1. The lowest BCUT2D eigenvalue weighted by Crippen LogP contribution is -2.37. The predicted octanol–water partition coefficient (Wildman–Crippen LogP) is 1.92. The van der Waals surface area contributed by atoms with Crippen LogP contribution in [-0.2, 0) is 31.9 Å². The summed E-state index contributed by atoms with van der Waals surface area (Å²) in [6, 6.07) is 1.73. The topological polar surface area (TPSA) is 131 Å². The van der Waals surface area contributed by atoms with Crippen LogP contribution in [0, 0.1) is 0 Å². The molecule has 0 saturated carbocycles. The van der Waals surface area contributed by atoms with E-state index in [1.54, 1.807) is 27.7 Å². The fourth-order valence-electron chi connectivity index (χ4n) is 4.93. The van der Waals surface area contributed by atoms with Crippen LogP contribution in [-0.4, -0.2) is 63.0 Å². The summed E-state index contributed by atoms with van der Waals surface area (Å²) in [5.74, 6) is -0.138. The Balaban J connectivity index is 1.16. The van der Waals surface area contributed by atoms with E-state index in [2.05, 4.69) is 35.5 Å². The molecule has 1 amide bonds. The Morgan fingerprint density at radius 1 is 1.16 bits per heavy atom. The zero-order chi connectivity index (χ0) is 25.3. The van der Waals surface area contributed by atoms with Gasteiger partial charge in [0.05, 0.1) is 46.9 Å². The number of nitrogens with zero attached hydrogens (tertiary/aromatic N) is 8. The molecule has 0 unspecified atom stereocenters. The van der Waals surface area contributed by atoms with Crippen LogP contribution in [0.4, 0.5) is 5.69 Å². The number of hydrogen-bond acceptors (Lipinski definition) is 8. The van der Waals surface area contributed by atoms with Crippen LogP contribution in [0.5, 0.6) is 0 Å². The average molecular weight is 515 g/mol. The lowest BCUT2D eigenvalue weighted by atomic mass is 10.1. The van der Waals surface area contributed by atoms with Gasteiger partial charge in [-0.05, 0) is 18.1 Å². The van der Waals surface area contributed by atoms with Crippen molar-refractivity contribution in [3.63, 3.8) is 0 Å². The minimum absolute atomic E-state index is 0.138. The van der Waals surface area contributed by atoms with Gasteiger partial charge >= 0.3 is 0 Å². The van der Waals surface area contributed by atoms with E-state index in [1.807, 2.05) is 37.4 Å². The van der Waals surface area contributed by atoms with Gasteiger partial charge in [0, 0.05) is 45.1 Å². The molecule has 7 heterocycles. The number of anilines is 1. The van der Waals surface area contributed by atoms with Gasteiger partial charge in [-0.25, -0.2) is 4.52 Å². The quantitative estimate of drug-likeness (QED) is 0.367. The molecule has 7 rings (SSSR count). The highest BCUT2D eigenvalue weighted by molar-refractivity contribution is 7.21. The number of carbonyl (C=O) groups excluding carboxylic acids is 1. The smallest absolute Gasteiger partial charge is 0.261 e. The molecule has 12 nitrogen and oxygen atoms in total. The standard InChI is InChI=1S/C24H22N10O2S/c1-31-9-14(7-26-31)18-11-34-24(37-18)20-22(30-34)21-16(29-23(20)36)5-15(8-25-21)28-19(35)12-33-4-3-13-6-27-32(2)17(13)10-33/h5-9,11H,3-4,10,12H2,1-2H3,(H,28,35)(H,29,36). The summed E-state index contributed by atoms with van der Waals surface area (Å²) in [5, 5.41) is 16.6. The summed E-state index contributed by atoms with van der Waals surface area (Å²) in [6.45, 7) is 1.74. The Hall–Kier alpha value is -4.36. The van der Waals surface area contributed by atoms with Crippen molar-refractivity contribution >= 4 is 49.7 Å². The van der Waals surface area contributed by atoms with Crippen LogP contribution < -0.4 is 10.9 Å². The lowest BCUT2D eigenvalue weighted by Gasteiger charge is -2.26. The van der Waals surface area contributed by atoms with Crippen molar-refractivity contribution in [2.75, 3.05) is 18.4 Å². The third kappa shape index (κ3) is 3.62. The Morgan fingerprint density at radius 2 is 2.05 bits per heavy atom. The summed E-state index contributed by atoms with van der Waals surface area (Å²) < 4.78 is 5.32. The van der Waals surface area contributed by atoms with Crippen LogP contribution in [0.25, 0.3) is 37.2 Å². The number of fused-ring (bicyclic) bond motifs is 6. The number of aromatic amines is 1. The first kappa shape index (κ1) is 21.9. The third-order valence-corrected chi connectivity index (χ3v) is 7.90. The Bertz CT molecular complexity index is 1910. The highest BCUT2D eigenvalue weighted by atomic mass is 32.1. The summed E-state index contributed by atoms with van der Waals surface area (Å²) >= 11 is 1.48. The average Bonchev–Trinajstić information content (AvgIpc) is 3.63. The van der Waals surface area contributed by atoms with Crippen molar-refractivity contribution in [1.29, 1.82) is 0 Å². The zero-order valence-corrected chi connectivity index (χ0v) is 20.9. The number of pyridine rings is 2. The fourth-order valence-corrected chi connectivity index (χ4v) is 5.99. The van der Waals surface area contributed by atoms with Gasteiger partial charge in [0.2, 0.25) is 5.91 Å². The second-order valence-corrected chi connectivity index (χ2v) is 10.3. The first-order valence-electron chi connectivity index (χ1n) is 11.8. The molecule has 37 heavy (non-hydrogen) atoms. The van der Waals surface area contributed by atoms with E-state index in [0.717, 1.165) is 33.9 Å². The number of rotatable bonds is 4. The van der Waals surface area contributed by atoms with Crippen molar-refractivity contribution < 1.29 is 4.79 Å². The Morgan fingerprint density at radius 3 is 2.89 bits per heavy atom. The van der Waals surface area contributed by atoms with E-state index in [0.29, 0.717) is 34.2 Å². The molecule has 2 N–H and O–H groups in total. The highest BCUT2D eigenvalue weighted by Crippen LogP contribution is 2.33. The molecule has 186 valence electrons. The van der Waals surface area contributed by atoms with E-state index < -0.39 is 0 Å². The van der Waals surface area contributed by atoms with Gasteiger partial charge in [0.25, 0.3) is 5.56 Å². The maximum atomic E-state index is 13.1. The molecule has 0 atom stereocenters. The number of thiazole rings is 1. The number of aromatic nitrogens is 8. The number of hydrogen-bond donors (Lipinski definition) is 2. The van der Waals surface area contributed by atoms with Gasteiger partial charge in [-0.15, -0.1) is 11.3 Å². The molecule has 0 aromatic carbocycles. The van der Waals surface area contributed by atoms with Crippen LogP contribution in [0.3, 0.4) is 0 Å². The van der Waals surface area contributed by atoms with E-state index in [9.17, 15) is 9.59 Å². The summed E-state index contributed by atoms with van der Waals surface area (Å²) in [7, 11) is 3.78. The van der Waals surface area contributed by atoms with Crippen molar-refractivity contribution in [2.45, 2.75) is 13.0 Å². The second kappa shape index (κ2) is 8.08. The summed E-state index contributed by atoms with van der Waals surface area (Å²) in [4.78, 5) is 37.1. The minimum atomic E-state index is -0.248. The molecule has 6 aromatic rings. The summed E-state index contributed by atoms with van der Waals surface area (Å²) in [5.41, 5.74) is 5.24. The van der Waals surface area contributed by atoms with Crippen molar-refractivity contribution in [3.8, 4) is 10.4 Å². The van der Waals surface area contributed by atoms with Crippen molar-refractivity contribution in [2.24, 2.45) is 14.1 Å². The van der Waals surface area contributed by atoms with E-state index in [4.69, 9.17) is 0 Å². The van der Waals surface area contributed by atoms with Crippen molar-refractivity contribution in [1.82, 2.24) is 44.0 Å². The molecule has 0 bridgehead atoms. The van der Waals surface area contributed by atoms with Crippen LogP contribution in [0.15, 0.2) is 41.8 Å². The predicted molar refractivity (Wildman–Crippen MR) is 140 cm³/mol. The third-order valence-electron chi connectivity index (χ3n) is 6.76. The molecule has 0 fully saturated rings. The normalized spacial score (nSPS) is 14.1. The highest BCUT2D eigenvalue weighted by Gasteiger charge is 2.22. The molecule has 1 aliphatic rings. The Labute approximate surface area is 213 Å². The molecule has 13 heteroatoms. The monoisotopic (exact) mass is 514 g/mol. The van der Waals surface area contributed by atoms with E-state index in [-0.39, 0.29) is 18.0 Å². The molecule has 0 radical (unpaired) electrons. The van der Waals surface area contributed by atoms with Gasteiger partial charge < -0.3 is 10.3 Å². The molecule has 6 aromatic heterocycles. The molecular formula is C24H22N10O2S. The van der Waals surface area contributed by atoms with Gasteiger partial charge in [-0.2, -0.15) is 15.3 Å². The molecular weight excluding hydrogens is 492 g/mol. The lowest BCUT2D eigenvalue weighted by molar-refractivity contribution is -0.117. The van der Waals surface area contributed by atoms with E-state index in [1.165, 1.54) is 16.9 Å². The van der Waals surface area contributed by atoms with Gasteiger partial charge in [-0.3, -0.25) is 28.8 Å². The maximum absolute atomic E-state index is 13.1. The largest absolute Gasteiger partial charge is 0.324 e. The number of aryl methyl sites for hydroxylation is 2. The fraction of sp³-hybridized carbons (Fsp3) is 0.250. The van der Waals surface area contributed by atoms with E-state index >= 15 is 0 Å². The maximum Gasteiger partial charge on any atom is 0.261 e. The first-order valence-corrected chi connectivity index (χ1v) is 12.6. The molecule has 0 aliphatic carbocycles.